The molecule has 0 atom stereocenters. The molecule has 0 bridgehead atoms. The van der Waals surface area contributed by atoms with Crippen LogP contribution in [0.5, 0.6) is 5.75 Å². The summed E-state index contributed by atoms with van der Waals surface area (Å²) < 4.78 is 1.98. The topological polar surface area (TPSA) is 88.2 Å². The number of hydrogen-bond acceptors (Lipinski definition) is 6. The van der Waals surface area contributed by atoms with Gasteiger partial charge in [0.2, 0.25) is 0 Å². The van der Waals surface area contributed by atoms with Gasteiger partial charge in [0.25, 0.3) is 5.95 Å². The van der Waals surface area contributed by atoms with Gasteiger partial charge in [-0.15, -0.1) is 10.2 Å². The Balaban J connectivity index is 1.64. The van der Waals surface area contributed by atoms with E-state index in [0.29, 0.717) is 5.95 Å². The molecule has 0 radical (unpaired) electrons. The van der Waals surface area contributed by atoms with Crippen LogP contribution in [0.25, 0.3) is 22.1 Å². The fraction of sp³-hybridized carbons (Fsp3) is 0.0588. The van der Waals surface area contributed by atoms with Crippen molar-refractivity contribution in [2.75, 3.05) is 5.43 Å². The molecule has 0 unspecified atom stereocenters. The predicted octanol–water partition coefficient (Wildman–Crippen LogP) is 2.67. The number of aromatic hydroxyl groups is 1. The van der Waals surface area contributed by atoms with E-state index in [1.165, 1.54) is 0 Å². The van der Waals surface area contributed by atoms with E-state index in [2.05, 4.69) is 25.7 Å². The van der Waals surface area contributed by atoms with Gasteiger partial charge in [-0.2, -0.15) is 10.1 Å². The summed E-state index contributed by atoms with van der Waals surface area (Å²) >= 11 is 0. The molecule has 0 saturated heterocycles. The Bertz CT molecular complexity index is 1050. The molecule has 4 rings (SSSR count). The number of phenols is 1. The molecule has 2 aromatic heterocycles. The molecule has 2 heterocycles. The lowest BCUT2D eigenvalue weighted by Crippen LogP contribution is -2.00. The van der Waals surface area contributed by atoms with E-state index in [4.69, 9.17) is 0 Å². The third kappa shape index (κ3) is 2.41. The lowest BCUT2D eigenvalue weighted by molar-refractivity contribution is 0.475. The van der Waals surface area contributed by atoms with Crippen LogP contribution in [0.1, 0.15) is 5.56 Å². The molecule has 0 aliphatic carbocycles. The van der Waals surface area contributed by atoms with Gasteiger partial charge in [-0.3, -0.25) is 0 Å². The Labute approximate surface area is 137 Å². The number of hydrazone groups is 1. The normalized spacial score (nSPS) is 11.5. The van der Waals surface area contributed by atoms with Crippen molar-refractivity contribution >= 4 is 34.2 Å². The number of hydrogen-bond donors (Lipinski definition) is 2. The second-order valence-electron chi connectivity index (χ2n) is 5.35. The molecule has 4 aromatic rings. The van der Waals surface area contributed by atoms with Crippen molar-refractivity contribution in [3.63, 3.8) is 0 Å². The smallest absolute Gasteiger partial charge is 0.265 e. The largest absolute Gasteiger partial charge is 0.508 e. The maximum atomic E-state index is 9.26. The van der Waals surface area contributed by atoms with E-state index in [1.807, 2.05) is 35.9 Å². The van der Waals surface area contributed by atoms with E-state index in [1.54, 1.807) is 30.5 Å². The Morgan fingerprint density at radius 2 is 1.88 bits per heavy atom. The van der Waals surface area contributed by atoms with Gasteiger partial charge in [0.1, 0.15) is 11.3 Å². The minimum atomic E-state index is 0.217. The van der Waals surface area contributed by atoms with Crippen LogP contribution in [-0.4, -0.2) is 31.1 Å². The summed E-state index contributed by atoms with van der Waals surface area (Å²) in [5.41, 5.74) is 6.19. The fourth-order valence-corrected chi connectivity index (χ4v) is 2.58. The average molecular weight is 318 g/mol. The lowest BCUT2D eigenvalue weighted by atomic mass is 10.2. The molecule has 0 fully saturated rings. The van der Waals surface area contributed by atoms with Crippen molar-refractivity contribution in [3.8, 4) is 5.75 Å². The van der Waals surface area contributed by atoms with E-state index in [0.717, 1.165) is 27.6 Å². The molecule has 0 aliphatic rings. The predicted molar refractivity (Wildman–Crippen MR) is 93.1 cm³/mol. The molecule has 0 saturated carbocycles. The van der Waals surface area contributed by atoms with Crippen LogP contribution >= 0.6 is 0 Å². The van der Waals surface area contributed by atoms with Gasteiger partial charge >= 0.3 is 0 Å². The first-order chi connectivity index (χ1) is 11.7. The Kier molecular flexibility index (Phi) is 3.31. The summed E-state index contributed by atoms with van der Waals surface area (Å²) in [4.78, 5) is 4.48. The average Bonchev–Trinajstić information content (AvgIpc) is 2.90. The highest BCUT2D eigenvalue weighted by molar-refractivity contribution is 6.04. The molecular formula is C17H14N6O. The Morgan fingerprint density at radius 3 is 2.71 bits per heavy atom. The van der Waals surface area contributed by atoms with Gasteiger partial charge in [0, 0.05) is 12.4 Å². The SMILES string of the molecule is Cn1c2ccccc2c2nnc(N/N=C/c3ccc(O)cc3)nc21. The van der Waals surface area contributed by atoms with E-state index in [-0.39, 0.29) is 5.75 Å². The second-order valence-corrected chi connectivity index (χ2v) is 5.35. The molecular weight excluding hydrogens is 304 g/mol. The molecule has 0 amide bonds. The third-order valence-corrected chi connectivity index (χ3v) is 3.78. The molecule has 0 aliphatic heterocycles. The molecule has 7 heteroatoms. The number of phenolic OH excluding ortho intramolecular Hbond substituents is 1. The quantitative estimate of drug-likeness (QED) is 0.448. The maximum absolute atomic E-state index is 9.26. The van der Waals surface area contributed by atoms with Crippen LogP contribution in [0.15, 0.2) is 53.6 Å². The second kappa shape index (κ2) is 5.62. The molecule has 0 spiro atoms. The van der Waals surface area contributed by atoms with Crippen molar-refractivity contribution in [2.45, 2.75) is 0 Å². The Morgan fingerprint density at radius 1 is 1.08 bits per heavy atom. The number of aromatic nitrogens is 4. The van der Waals surface area contributed by atoms with E-state index < -0.39 is 0 Å². The van der Waals surface area contributed by atoms with Gasteiger partial charge < -0.3 is 9.67 Å². The van der Waals surface area contributed by atoms with Crippen molar-refractivity contribution in [2.24, 2.45) is 12.1 Å². The number of rotatable bonds is 3. The van der Waals surface area contributed by atoms with Crippen LogP contribution in [-0.2, 0) is 7.05 Å². The van der Waals surface area contributed by atoms with Crippen molar-refractivity contribution < 1.29 is 5.11 Å². The number of aryl methyl sites for hydroxylation is 1. The zero-order valence-corrected chi connectivity index (χ0v) is 12.9. The standard InChI is InChI=1S/C17H14N6O/c1-23-14-5-3-2-4-13(14)15-16(23)19-17(22-20-15)21-18-10-11-6-8-12(24)9-7-11/h2-10,24H,1H3,(H,19,21,22)/b18-10+. The minimum absolute atomic E-state index is 0.217. The van der Waals surface area contributed by atoms with Crippen molar-refractivity contribution in [1.29, 1.82) is 0 Å². The first-order valence-electron chi connectivity index (χ1n) is 7.38. The molecule has 2 N–H and O–H groups in total. The summed E-state index contributed by atoms with van der Waals surface area (Å²) in [6.45, 7) is 0. The van der Waals surface area contributed by atoms with Crippen LogP contribution in [0.2, 0.25) is 0 Å². The van der Waals surface area contributed by atoms with Gasteiger partial charge in [0.05, 0.1) is 11.7 Å². The highest BCUT2D eigenvalue weighted by Crippen LogP contribution is 2.24. The summed E-state index contributed by atoms with van der Waals surface area (Å²) in [5.74, 6) is 0.539. The van der Waals surface area contributed by atoms with Crippen LogP contribution in [0.3, 0.4) is 0 Å². The highest BCUT2D eigenvalue weighted by Gasteiger charge is 2.11. The van der Waals surface area contributed by atoms with Crippen LogP contribution in [0, 0.1) is 0 Å². The summed E-state index contributed by atoms with van der Waals surface area (Å²) in [6, 6.07) is 14.7. The first kappa shape index (κ1) is 14.1. The zero-order valence-electron chi connectivity index (χ0n) is 12.9. The monoisotopic (exact) mass is 318 g/mol. The number of para-hydroxylation sites is 1. The van der Waals surface area contributed by atoms with Crippen LogP contribution < -0.4 is 5.43 Å². The highest BCUT2D eigenvalue weighted by atomic mass is 16.3. The number of benzene rings is 2. The number of fused-ring (bicyclic) bond motifs is 3. The summed E-state index contributed by atoms with van der Waals surface area (Å²) in [5, 5.41) is 22.7. The van der Waals surface area contributed by atoms with Crippen LogP contribution in [0.4, 0.5) is 5.95 Å². The Hall–Kier alpha value is -3.48. The molecule has 24 heavy (non-hydrogen) atoms. The van der Waals surface area contributed by atoms with E-state index >= 15 is 0 Å². The maximum Gasteiger partial charge on any atom is 0.265 e. The van der Waals surface area contributed by atoms with Gasteiger partial charge in [-0.05, 0) is 35.9 Å². The molecule has 7 nitrogen and oxygen atoms in total. The first-order valence-corrected chi connectivity index (χ1v) is 7.38. The summed E-state index contributed by atoms with van der Waals surface area (Å²) in [7, 11) is 1.95. The molecule has 2 aromatic carbocycles. The van der Waals surface area contributed by atoms with Crippen molar-refractivity contribution in [3.05, 3.63) is 54.1 Å². The van der Waals surface area contributed by atoms with Gasteiger partial charge in [-0.25, -0.2) is 5.43 Å². The number of anilines is 1. The number of nitrogens with one attached hydrogen (secondary N) is 1. The zero-order chi connectivity index (χ0) is 16.5. The fourth-order valence-electron chi connectivity index (χ4n) is 2.58. The molecule has 118 valence electrons. The number of nitrogens with zero attached hydrogens (tertiary/aromatic N) is 5. The lowest BCUT2D eigenvalue weighted by Gasteiger charge is -1.99. The third-order valence-electron chi connectivity index (χ3n) is 3.78. The van der Waals surface area contributed by atoms with Gasteiger partial charge in [0.15, 0.2) is 5.65 Å². The summed E-state index contributed by atoms with van der Waals surface area (Å²) in [6.07, 6.45) is 1.62. The minimum Gasteiger partial charge on any atom is -0.508 e. The van der Waals surface area contributed by atoms with Crippen molar-refractivity contribution in [1.82, 2.24) is 19.7 Å². The van der Waals surface area contributed by atoms with E-state index in [9.17, 15) is 5.11 Å². The van der Waals surface area contributed by atoms with Gasteiger partial charge in [-0.1, -0.05) is 18.2 Å².